The number of sulfone groups is 1. The Bertz CT molecular complexity index is 858. The third-order valence-corrected chi connectivity index (χ3v) is 6.32. The molecule has 0 spiro atoms. The highest BCUT2D eigenvalue weighted by Crippen LogP contribution is 2.53. The number of nitrogens with zero attached hydrogens (tertiary/aromatic N) is 1. The van der Waals surface area contributed by atoms with Crippen molar-refractivity contribution in [2.75, 3.05) is 0 Å². The van der Waals surface area contributed by atoms with Crippen molar-refractivity contribution < 1.29 is 12.8 Å². The number of halogens is 2. The minimum Gasteiger partial charge on any atom is -0.223 e. The molecular formula is C16H11ClFNO2S. The molecule has 0 aliphatic heterocycles. The van der Waals surface area contributed by atoms with Gasteiger partial charge in [-0.15, -0.1) is 0 Å². The maximum atomic E-state index is 13.3. The second-order valence-electron chi connectivity index (χ2n) is 5.20. The van der Waals surface area contributed by atoms with E-state index in [1.54, 1.807) is 6.07 Å². The van der Waals surface area contributed by atoms with Crippen LogP contribution in [0.25, 0.3) is 0 Å². The van der Waals surface area contributed by atoms with Gasteiger partial charge in [0.25, 0.3) is 0 Å². The molecule has 3 rings (SSSR count). The number of hydrogen-bond acceptors (Lipinski definition) is 3. The lowest BCUT2D eigenvalue weighted by molar-refractivity contribution is 0.593. The highest BCUT2D eigenvalue weighted by molar-refractivity contribution is 7.92. The van der Waals surface area contributed by atoms with Gasteiger partial charge in [0.1, 0.15) is 5.82 Å². The Hall–Kier alpha value is -1.90. The Morgan fingerprint density at radius 1 is 1.14 bits per heavy atom. The maximum absolute atomic E-state index is 13.3. The Balaban J connectivity index is 1.98. The fraction of sp³-hybridized carbons (Fsp3) is 0.188. The molecule has 2 aromatic rings. The van der Waals surface area contributed by atoms with Crippen molar-refractivity contribution in [3.63, 3.8) is 0 Å². The number of hydrogen-bond donors (Lipinski definition) is 0. The lowest BCUT2D eigenvalue weighted by Gasteiger charge is -2.04. The fourth-order valence-corrected chi connectivity index (χ4v) is 4.91. The minimum atomic E-state index is -3.66. The predicted octanol–water partition coefficient (Wildman–Crippen LogP) is 3.56. The molecule has 1 aliphatic rings. The predicted molar refractivity (Wildman–Crippen MR) is 80.7 cm³/mol. The smallest absolute Gasteiger partial charge is 0.183 e. The molecule has 2 aromatic carbocycles. The van der Waals surface area contributed by atoms with Gasteiger partial charge in [-0.2, -0.15) is 5.26 Å². The second kappa shape index (κ2) is 5.38. The van der Waals surface area contributed by atoms with Crippen molar-refractivity contribution in [3.05, 3.63) is 64.9 Å². The summed E-state index contributed by atoms with van der Waals surface area (Å²) in [6.07, 6.45) is 0. The SMILES string of the molecule is N#CC1C(c2cccc(F)c2)C1S(=O)(=O)c1ccc(Cl)cc1. The Morgan fingerprint density at radius 3 is 2.41 bits per heavy atom. The summed E-state index contributed by atoms with van der Waals surface area (Å²) < 4.78 is 38.6. The van der Waals surface area contributed by atoms with Gasteiger partial charge >= 0.3 is 0 Å². The summed E-state index contributed by atoms with van der Waals surface area (Å²) in [6.45, 7) is 0. The van der Waals surface area contributed by atoms with E-state index in [-0.39, 0.29) is 4.90 Å². The summed E-state index contributed by atoms with van der Waals surface area (Å²) in [5.74, 6) is -1.60. The summed E-state index contributed by atoms with van der Waals surface area (Å²) >= 11 is 5.77. The summed E-state index contributed by atoms with van der Waals surface area (Å²) in [6, 6.07) is 13.6. The zero-order valence-electron chi connectivity index (χ0n) is 11.3. The summed E-state index contributed by atoms with van der Waals surface area (Å²) in [7, 11) is -3.66. The molecular weight excluding hydrogens is 325 g/mol. The Morgan fingerprint density at radius 2 is 1.82 bits per heavy atom. The van der Waals surface area contributed by atoms with Crippen LogP contribution >= 0.6 is 11.6 Å². The van der Waals surface area contributed by atoms with Crippen LogP contribution in [0.15, 0.2) is 53.4 Å². The molecule has 3 nitrogen and oxygen atoms in total. The van der Waals surface area contributed by atoms with Gasteiger partial charge in [0, 0.05) is 10.9 Å². The van der Waals surface area contributed by atoms with Gasteiger partial charge in [-0.05, 0) is 42.0 Å². The molecule has 0 bridgehead atoms. The molecule has 0 heterocycles. The van der Waals surface area contributed by atoms with E-state index in [1.165, 1.54) is 42.5 Å². The van der Waals surface area contributed by atoms with Crippen LogP contribution in [-0.2, 0) is 9.84 Å². The molecule has 0 amide bonds. The third kappa shape index (κ3) is 2.49. The first-order valence-electron chi connectivity index (χ1n) is 6.59. The van der Waals surface area contributed by atoms with Gasteiger partial charge in [0.05, 0.1) is 22.1 Å². The molecule has 0 N–H and O–H groups in total. The molecule has 0 aromatic heterocycles. The largest absolute Gasteiger partial charge is 0.223 e. The highest BCUT2D eigenvalue weighted by atomic mass is 35.5. The van der Waals surface area contributed by atoms with Gasteiger partial charge in [-0.1, -0.05) is 23.7 Å². The second-order valence-corrected chi connectivity index (χ2v) is 7.74. The summed E-state index contributed by atoms with van der Waals surface area (Å²) in [5.41, 5.74) is 0.536. The number of nitriles is 1. The molecule has 0 radical (unpaired) electrons. The lowest BCUT2D eigenvalue weighted by atomic mass is 10.1. The van der Waals surface area contributed by atoms with Crippen LogP contribution in [0.1, 0.15) is 11.5 Å². The van der Waals surface area contributed by atoms with E-state index in [9.17, 15) is 18.1 Å². The molecule has 1 aliphatic carbocycles. The van der Waals surface area contributed by atoms with E-state index >= 15 is 0 Å². The van der Waals surface area contributed by atoms with Crippen molar-refractivity contribution in [1.82, 2.24) is 0 Å². The molecule has 112 valence electrons. The molecule has 3 unspecified atom stereocenters. The monoisotopic (exact) mass is 335 g/mol. The molecule has 22 heavy (non-hydrogen) atoms. The van der Waals surface area contributed by atoms with Gasteiger partial charge in [0.2, 0.25) is 0 Å². The lowest BCUT2D eigenvalue weighted by Crippen LogP contribution is -2.10. The first kappa shape index (κ1) is 15.0. The fourth-order valence-electron chi connectivity index (χ4n) is 2.72. The van der Waals surface area contributed by atoms with Crippen molar-refractivity contribution in [2.24, 2.45) is 5.92 Å². The van der Waals surface area contributed by atoms with E-state index in [4.69, 9.17) is 11.6 Å². The third-order valence-electron chi connectivity index (χ3n) is 3.84. The Labute approximate surface area is 132 Å². The summed E-state index contributed by atoms with van der Waals surface area (Å²) in [5, 5.41) is 8.79. The maximum Gasteiger partial charge on any atom is 0.183 e. The normalized spacial score (nSPS) is 23.8. The molecule has 6 heteroatoms. The van der Waals surface area contributed by atoms with Crippen molar-refractivity contribution in [2.45, 2.75) is 16.1 Å². The van der Waals surface area contributed by atoms with Crippen LogP contribution in [0.4, 0.5) is 4.39 Å². The molecule has 0 saturated heterocycles. The topological polar surface area (TPSA) is 57.9 Å². The Kier molecular flexibility index (Phi) is 3.67. The van der Waals surface area contributed by atoms with E-state index in [0.29, 0.717) is 10.6 Å². The first-order chi connectivity index (χ1) is 10.4. The average molecular weight is 336 g/mol. The first-order valence-corrected chi connectivity index (χ1v) is 8.52. The van der Waals surface area contributed by atoms with Crippen LogP contribution in [0, 0.1) is 23.1 Å². The van der Waals surface area contributed by atoms with Gasteiger partial charge in [-0.25, -0.2) is 12.8 Å². The van der Waals surface area contributed by atoms with E-state index in [1.807, 2.05) is 6.07 Å². The van der Waals surface area contributed by atoms with Crippen molar-refractivity contribution in [1.29, 1.82) is 5.26 Å². The van der Waals surface area contributed by atoms with Crippen molar-refractivity contribution in [3.8, 4) is 6.07 Å². The highest BCUT2D eigenvalue weighted by Gasteiger charge is 2.59. The summed E-state index contributed by atoms with van der Waals surface area (Å²) in [4.78, 5) is 0.126. The van der Waals surface area contributed by atoms with Crippen LogP contribution in [0.3, 0.4) is 0 Å². The zero-order chi connectivity index (χ0) is 15.9. The van der Waals surface area contributed by atoms with E-state index < -0.39 is 32.7 Å². The van der Waals surface area contributed by atoms with Crippen LogP contribution in [0.2, 0.25) is 5.02 Å². The van der Waals surface area contributed by atoms with E-state index in [0.717, 1.165) is 0 Å². The molecule has 1 fully saturated rings. The van der Waals surface area contributed by atoms with Gasteiger partial charge < -0.3 is 0 Å². The van der Waals surface area contributed by atoms with E-state index in [2.05, 4.69) is 0 Å². The minimum absolute atomic E-state index is 0.126. The quantitative estimate of drug-likeness (QED) is 0.861. The number of rotatable bonds is 3. The number of benzene rings is 2. The van der Waals surface area contributed by atoms with Crippen LogP contribution in [-0.4, -0.2) is 13.7 Å². The van der Waals surface area contributed by atoms with Crippen LogP contribution < -0.4 is 0 Å². The van der Waals surface area contributed by atoms with Crippen LogP contribution in [0.5, 0.6) is 0 Å². The average Bonchev–Trinajstić information content (AvgIpc) is 3.23. The van der Waals surface area contributed by atoms with Gasteiger partial charge in [-0.3, -0.25) is 0 Å². The standard InChI is InChI=1S/C16H11ClFNO2S/c17-11-4-6-13(7-5-11)22(20,21)16-14(9-19)15(16)10-2-1-3-12(18)8-10/h1-8,14-16H. The molecule has 3 atom stereocenters. The zero-order valence-corrected chi connectivity index (χ0v) is 12.9. The van der Waals surface area contributed by atoms with Crippen molar-refractivity contribution >= 4 is 21.4 Å². The van der Waals surface area contributed by atoms with Gasteiger partial charge in [0.15, 0.2) is 9.84 Å². The molecule has 1 saturated carbocycles.